The number of aromatic nitrogens is 1. The molecule has 0 unspecified atom stereocenters. The highest BCUT2D eigenvalue weighted by Gasteiger charge is 2.21. The monoisotopic (exact) mass is 471 g/mol. The molecule has 2 aromatic heterocycles. The van der Waals surface area contributed by atoms with E-state index in [-0.39, 0.29) is 18.3 Å². The second-order valence-corrected chi connectivity index (χ2v) is 9.51. The van der Waals surface area contributed by atoms with Crippen molar-refractivity contribution in [2.24, 2.45) is 0 Å². The number of amides is 1. The number of rotatable bonds is 7. The fraction of sp³-hybridized carbons (Fsp3) is 0.400. The largest absolute Gasteiger partial charge is 0.379 e. The number of halogens is 2. The van der Waals surface area contributed by atoms with E-state index < -0.39 is 0 Å². The van der Waals surface area contributed by atoms with Crippen LogP contribution < -0.4 is 4.90 Å². The average molecular weight is 472 g/mol. The second kappa shape index (κ2) is 10.7. The van der Waals surface area contributed by atoms with Gasteiger partial charge in [0.25, 0.3) is 0 Å². The fourth-order valence-electron chi connectivity index (χ4n) is 3.27. The van der Waals surface area contributed by atoms with Crippen LogP contribution in [0.3, 0.4) is 0 Å². The lowest BCUT2D eigenvalue weighted by Gasteiger charge is -2.27. The smallest absolute Gasteiger partial charge is 0.234 e. The summed E-state index contributed by atoms with van der Waals surface area (Å²) in [6, 6.07) is 11.8. The van der Waals surface area contributed by atoms with Crippen LogP contribution in [0.4, 0.5) is 5.13 Å². The first kappa shape index (κ1) is 22.5. The average Bonchev–Trinajstić information content (AvgIpc) is 3.31. The molecule has 3 aromatic rings. The Kier molecular flexibility index (Phi) is 8.29. The van der Waals surface area contributed by atoms with Crippen molar-refractivity contribution in [3.63, 3.8) is 0 Å². The molecule has 9 heteroatoms. The summed E-state index contributed by atoms with van der Waals surface area (Å²) < 4.78 is 7.22. The van der Waals surface area contributed by atoms with Gasteiger partial charge in [-0.05, 0) is 30.7 Å². The summed E-state index contributed by atoms with van der Waals surface area (Å²) in [7, 11) is 0. The fourth-order valence-corrected chi connectivity index (χ4v) is 5.36. The number of thiazole rings is 1. The van der Waals surface area contributed by atoms with Crippen LogP contribution in [0.15, 0.2) is 36.4 Å². The molecule has 0 radical (unpaired) electrons. The van der Waals surface area contributed by atoms with Crippen molar-refractivity contribution in [2.75, 3.05) is 44.3 Å². The minimum absolute atomic E-state index is 0. The highest BCUT2D eigenvalue weighted by Crippen LogP contribution is 2.30. The molecule has 0 spiro atoms. The molecule has 1 fully saturated rings. The van der Waals surface area contributed by atoms with Gasteiger partial charge < -0.3 is 4.74 Å². The number of nitrogens with zero attached hydrogens (tertiary/aromatic N) is 3. The summed E-state index contributed by atoms with van der Waals surface area (Å²) in [5, 5.41) is 0.774. The topological polar surface area (TPSA) is 45.7 Å². The Hall–Kier alpha value is -1.22. The minimum Gasteiger partial charge on any atom is -0.379 e. The van der Waals surface area contributed by atoms with E-state index in [0.717, 1.165) is 59.5 Å². The number of thiophene rings is 1. The summed E-state index contributed by atoms with van der Waals surface area (Å²) in [4.78, 5) is 23.0. The molecule has 0 bridgehead atoms. The molecule has 4 rings (SSSR count). The van der Waals surface area contributed by atoms with Crippen LogP contribution in [0.25, 0.3) is 10.2 Å². The molecule has 0 N–H and O–H groups in total. The van der Waals surface area contributed by atoms with Gasteiger partial charge in [-0.15, -0.1) is 23.7 Å². The summed E-state index contributed by atoms with van der Waals surface area (Å²) in [5.41, 5.74) is 0.938. The van der Waals surface area contributed by atoms with Crippen LogP contribution in [0, 0.1) is 0 Å². The summed E-state index contributed by atoms with van der Waals surface area (Å²) in [5.74, 6) is 0.0690. The standard InChI is InChI=1S/C20H22ClN3O2S2.ClH/c21-18-7-6-15(27-18)14-19(25)24(9-3-8-23-10-12-26-13-11-23)20-22-16-4-1-2-5-17(16)28-20;/h1-2,4-7H,3,8-14H2;1H. The number of morpholine rings is 1. The van der Waals surface area contributed by atoms with Gasteiger partial charge in [0, 0.05) is 31.1 Å². The molecule has 1 saturated heterocycles. The summed E-state index contributed by atoms with van der Waals surface area (Å²) in [6.07, 6.45) is 1.26. The van der Waals surface area contributed by atoms with Crippen molar-refractivity contribution in [2.45, 2.75) is 12.8 Å². The Morgan fingerprint density at radius 2 is 1.97 bits per heavy atom. The predicted molar refractivity (Wildman–Crippen MR) is 124 cm³/mol. The number of para-hydroxylation sites is 1. The lowest BCUT2D eigenvalue weighted by Crippen LogP contribution is -2.39. The third kappa shape index (κ3) is 5.90. The van der Waals surface area contributed by atoms with Gasteiger partial charge in [-0.2, -0.15) is 0 Å². The Morgan fingerprint density at radius 1 is 1.17 bits per heavy atom. The molecule has 1 aromatic carbocycles. The number of hydrogen-bond donors (Lipinski definition) is 0. The zero-order valence-electron chi connectivity index (χ0n) is 15.9. The van der Waals surface area contributed by atoms with Crippen LogP contribution in [-0.4, -0.2) is 55.2 Å². The van der Waals surface area contributed by atoms with Crippen molar-refractivity contribution >= 4 is 67.9 Å². The lowest BCUT2D eigenvalue weighted by molar-refractivity contribution is -0.118. The first-order valence-electron chi connectivity index (χ1n) is 9.39. The number of hydrogen-bond acceptors (Lipinski definition) is 6. The van der Waals surface area contributed by atoms with Crippen molar-refractivity contribution in [1.82, 2.24) is 9.88 Å². The van der Waals surface area contributed by atoms with Gasteiger partial charge >= 0.3 is 0 Å². The molecule has 1 aliphatic heterocycles. The van der Waals surface area contributed by atoms with E-state index in [2.05, 4.69) is 4.90 Å². The Labute approximate surface area is 189 Å². The summed E-state index contributed by atoms with van der Waals surface area (Å²) >= 11 is 9.06. The molecular weight excluding hydrogens is 449 g/mol. The molecule has 0 atom stereocenters. The maximum Gasteiger partial charge on any atom is 0.234 e. The maximum absolute atomic E-state index is 13.1. The van der Waals surface area contributed by atoms with Gasteiger partial charge in [0.15, 0.2) is 5.13 Å². The number of carbonyl (C=O) groups excluding carboxylic acids is 1. The number of fused-ring (bicyclic) bond motifs is 1. The van der Waals surface area contributed by atoms with E-state index in [0.29, 0.717) is 17.3 Å². The van der Waals surface area contributed by atoms with Crippen molar-refractivity contribution in [1.29, 1.82) is 0 Å². The van der Waals surface area contributed by atoms with E-state index in [1.165, 1.54) is 11.3 Å². The molecule has 29 heavy (non-hydrogen) atoms. The van der Waals surface area contributed by atoms with E-state index in [1.807, 2.05) is 41.3 Å². The van der Waals surface area contributed by atoms with E-state index in [1.54, 1.807) is 11.3 Å². The van der Waals surface area contributed by atoms with Crippen LogP contribution >= 0.6 is 46.7 Å². The number of anilines is 1. The Balaban J connectivity index is 0.00000240. The van der Waals surface area contributed by atoms with Crippen LogP contribution in [-0.2, 0) is 16.0 Å². The molecular formula is C20H23Cl2N3O2S2. The maximum atomic E-state index is 13.1. The van der Waals surface area contributed by atoms with Crippen LogP contribution in [0.2, 0.25) is 4.34 Å². The Bertz CT molecular complexity index is 908. The molecule has 156 valence electrons. The van der Waals surface area contributed by atoms with Crippen molar-refractivity contribution in [3.05, 3.63) is 45.6 Å². The third-order valence-electron chi connectivity index (χ3n) is 4.73. The quantitative estimate of drug-likeness (QED) is 0.499. The second-order valence-electron chi connectivity index (χ2n) is 6.70. The van der Waals surface area contributed by atoms with Gasteiger partial charge in [-0.1, -0.05) is 35.1 Å². The lowest BCUT2D eigenvalue weighted by atomic mass is 10.3. The van der Waals surface area contributed by atoms with Crippen molar-refractivity contribution < 1.29 is 9.53 Å². The van der Waals surface area contributed by atoms with E-state index >= 15 is 0 Å². The van der Waals surface area contributed by atoms with Gasteiger partial charge in [-0.25, -0.2) is 4.98 Å². The predicted octanol–water partition coefficient (Wildman–Crippen LogP) is 4.73. The molecule has 1 amide bonds. The molecule has 1 aliphatic rings. The highest BCUT2D eigenvalue weighted by molar-refractivity contribution is 7.22. The molecule has 0 aliphatic carbocycles. The first-order chi connectivity index (χ1) is 13.7. The molecule has 3 heterocycles. The van der Waals surface area contributed by atoms with Gasteiger partial charge in [-0.3, -0.25) is 14.6 Å². The number of ether oxygens (including phenoxy) is 1. The van der Waals surface area contributed by atoms with E-state index in [9.17, 15) is 4.79 Å². The van der Waals surface area contributed by atoms with Gasteiger partial charge in [0.1, 0.15) is 0 Å². The number of benzene rings is 1. The highest BCUT2D eigenvalue weighted by atomic mass is 35.5. The normalized spacial score (nSPS) is 14.7. The van der Waals surface area contributed by atoms with Gasteiger partial charge in [0.2, 0.25) is 5.91 Å². The first-order valence-corrected chi connectivity index (χ1v) is 11.4. The zero-order chi connectivity index (χ0) is 19.3. The van der Waals surface area contributed by atoms with Crippen LogP contribution in [0.1, 0.15) is 11.3 Å². The SMILES string of the molecule is Cl.O=C(Cc1ccc(Cl)s1)N(CCCN1CCOCC1)c1nc2ccccc2s1. The Morgan fingerprint density at radius 3 is 2.69 bits per heavy atom. The molecule has 0 saturated carbocycles. The van der Waals surface area contributed by atoms with Crippen molar-refractivity contribution in [3.8, 4) is 0 Å². The number of carbonyl (C=O) groups is 1. The third-order valence-corrected chi connectivity index (χ3v) is 7.02. The van der Waals surface area contributed by atoms with Crippen LogP contribution in [0.5, 0.6) is 0 Å². The van der Waals surface area contributed by atoms with Gasteiger partial charge in [0.05, 0.1) is 34.2 Å². The summed E-state index contributed by atoms with van der Waals surface area (Å²) in [6.45, 7) is 5.13. The zero-order valence-corrected chi connectivity index (χ0v) is 19.1. The molecule has 5 nitrogen and oxygen atoms in total. The minimum atomic E-state index is 0. The van der Waals surface area contributed by atoms with E-state index in [4.69, 9.17) is 21.3 Å².